The highest BCUT2D eigenvalue weighted by Gasteiger charge is 2.29. The summed E-state index contributed by atoms with van der Waals surface area (Å²) in [4.78, 5) is 14.5. The van der Waals surface area contributed by atoms with Gasteiger partial charge in [0.2, 0.25) is 11.8 Å². The predicted molar refractivity (Wildman–Crippen MR) is 98.7 cm³/mol. The number of aromatic nitrogens is 2. The molecule has 0 saturated carbocycles. The molecule has 1 atom stereocenters. The van der Waals surface area contributed by atoms with E-state index in [9.17, 15) is 9.18 Å². The Balaban J connectivity index is 1.49. The first-order chi connectivity index (χ1) is 13.1. The van der Waals surface area contributed by atoms with Gasteiger partial charge in [0.15, 0.2) is 0 Å². The van der Waals surface area contributed by atoms with Gasteiger partial charge in [0.05, 0.1) is 5.92 Å². The SMILES string of the molecule is Cc1ccc(-c2nnc([C@H]3CCCN(C(=O)c4ccc(F)cc4)C3)o2)cc1. The third kappa shape index (κ3) is 3.74. The van der Waals surface area contributed by atoms with Crippen LogP contribution in [0.25, 0.3) is 11.5 Å². The van der Waals surface area contributed by atoms with Crippen LogP contribution in [0.15, 0.2) is 52.9 Å². The molecule has 138 valence electrons. The Kier molecular flexibility index (Phi) is 4.71. The number of rotatable bonds is 3. The Bertz CT molecular complexity index is 935. The second-order valence-electron chi connectivity index (χ2n) is 6.91. The quantitative estimate of drug-likeness (QED) is 0.698. The fourth-order valence-corrected chi connectivity index (χ4v) is 3.35. The number of hydrogen-bond acceptors (Lipinski definition) is 4. The lowest BCUT2D eigenvalue weighted by molar-refractivity contribution is 0.0698. The molecule has 4 rings (SSSR count). The number of piperidine rings is 1. The largest absolute Gasteiger partial charge is 0.420 e. The van der Waals surface area contributed by atoms with Crippen LogP contribution in [0.3, 0.4) is 0 Å². The van der Waals surface area contributed by atoms with E-state index in [1.807, 2.05) is 31.2 Å². The minimum Gasteiger partial charge on any atom is -0.420 e. The van der Waals surface area contributed by atoms with Gasteiger partial charge in [-0.15, -0.1) is 10.2 Å². The van der Waals surface area contributed by atoms with Gasteiger partial charge in [-0.3, -0.25) is 4.79 Å². The van der Waals surface area contributed by atoms with E-state index in [2.05, 4.69) is 10.2 Å². The van der Waals surface area contributed by atoms with Gasteiger partial charge in [0, 0.05) is 24.2 Å². The summed E-state index contributed by atoms with van der Waals surface area (Å²) in [5.74, 6) is 0.611. The van der Waals surface area contributed by atoms with Crippen molar-refractivity contribution in [2.75, 3.05) is 13.1 Å². The van der Waals surface area contributed by atoms with Gasteiger partial charge < -0.3 is 9.32 Å². The molecule has 1 aromatic heterocycles. The van der Waals surface area contributed by atoms with E-state index in [4.69, 9.17) is 4.42 Å². The Morgan fingerprint density at radius 2 is 1.85 bits per heavy atom. The van der Waals surface area contributed by atoms with Crippen LogP contribution in [0.5, 0.6) is 0 Å². The molecule has 1 amide bonds. The van der Waals surface area contributed by atoms with E-state index in [0.29, 0.717) is 30.4 Å². The molecular weight excluding hydrogens is 345 g/mol. The third-order valence-corrected chi connectivity index (χ3v) is 4.89. The molecule has 1 aliphatic heterocycles. The maximum absolute atomic E-state index is 13.1. The molecule has 0 spiro atoms. The van der Waals surface area contributed by atoms with Crippen molar-refractivity contribution in [2.24, 2.45) is 0 Å². The van der Waals surface area contributed by atoms with Crippen LogP contribution < -0.4 is 0 Å². The summed E-state index contributed by atoms with van der Waals surface area (Å²) >= 11 is 0. The van der Waals surface area contributed by atoms with E-state index in [-0.39, 0.29) is 17.6 Å². The second kappa shape index (κ2) is 7.31. The number of halogens is 1. The van der Waals surface area contributed by atoms with Crippen LogP contribution in [0.2, 0.25) is 0 Å². The fourth-order valence-electron chi connectivity index (χ4n) is 3.35. The zero-order valence-electron chi connectivity index (χ0n) is 15.1. The lowest BCUT2D eigenvalue weighted by Crippen LogP contribution is -2.39. The van der Waals surface area contributed by atoms with E-state index in [1.54, 1.807) is 4.90 Å². The van der Waals surface area contributed by atoms with Gasteiger partial charge in [0.25, 0.3) is 5.91 Å². The highest BCUT2D eigenvalue weighted by atomic mass is 19.1. The number of likely N-dealkylation sites (tertiary alicyclic amines) is 1. The van der Waals surface area contributed by atoms with Gasteiger partial charge in [0.1, 0.15) is 5.82 Å². The molecule has 2 heterocycles. The average molecular weight is 365 g/mol. The first-order valence-corrected chi connectivity index (χ1v) is 9.05. The van der Waals surface area contributed by atoms with Crippen molar-refractivity contribution in [3.8, 4) is 11.5 Å². The van der Waals surface area contributed by atoms with E-state index in [1.165, 1.54) is 29.8 Å². The molecule has 1 aliphatic rings. The lowest BCUT2D eigenvalue weighted by Gasteiger charge is -2.31. The summed E-state index contributed by atoms with van der Waals surface area (Å²) in [6, 6.07) is 13.6. The zero-order chi connectivity index (χ0) is 18.8. The molecule has 0 aliphatic carbocycles. The maximum Gasteiger partial charge on any atom is 0.253 e. The van der Waals surface area contributed by atoms with Crippen molar-refractivity contribution in [3.05, 3.63) is 71.4 Å². The molecule has 5 nitrogen and oxygen atoms in total. The standard InChI is InChI=1S/C21H20FN3O2/c1-14-4-6-15(7-5-14)19-23-24-20(27-19)17-3-2-12-25(13-17)21(26)16-8-10-18(22)11-9-16/h4-11,17H,2-3,12-13H2,1H3/t17-/m0/s1. The van der Waals surface area contributed by atoms with Crippen molar-refractivity contribution in [1.29, 1.82) is 0 Å². The number of benzene rings is 2. The molecule has 0 N–H and O–H groups in total. The molecular formula is C21H20FN3O2. The number of hydrogen-bond donors (Lipinski definition) is 0. The third-order valence-electron chi connectivity index (χ3n) is 4.89. The van der Waals surface area contributed by atoms with Crippen LogP contribution in [-0.2, 0) is 0 Å². The molecule has 1 saturated heterocycles. The summed E-state index contributed by atoms with van der Waals surface area (Å²) in [6.07, 6.45) is 1.75. The lowest BCUT2D eigenvalue weighted by atomic mass is 9.97. The highest BCUT2D eigenvalue weighted by Crippen LogP contribution is 2.29. The van der Waals surface area contributed by atoms with Crippen LogP contribution in [0, 0.1) is 12.7 Å². The molecule has 0 radical (unpaired) electrons. The number of carbonyl (C=O) groups excluding carboxylic acids is 1. The number of amides is 1. The predicted octanol–water partition coefficient (Wildman–Crippen LogP) is 4.20. The average Bonchev–Trinajstić information content (AvgIpc) is 3.19. The number of aryl methyl sites for hydroxylation is 1. The van der Waals surface area contributed by atoms with Crippen LogP contribution in [-0.4, -0.2) is 34.1 Å². The van der Waals surface area contributed by atoms with Crippen LogP contribution in [0.4, 0.5) is 4.39 Å². The van der Waals surface area contributed by atoms with Crippen molar-refractivity contribution >= 4 is 5.91 Å². The van der Waals surface area contributed by atoms with Gasteiger partial charge in [-0.25, -0.2) is 4.39 Å². The minimum atomic E-state index is -0.349. The van der Waals surface area contributed by atoms with Crippen molar-refractivity contribution in [2.45, 2.75) is 25.7 Å². The van der Waals surface area contributed by atoms with E-state index >= 15 is 0 Å². The fraction of sp³-hybridized carbons (Fsp3) is 0.286. The molecule has 0 bridgehead atoms. The Labute approximate surface area is 156 Å². The molecule has 3 aromatic rings. The van der Waals surface area contributed by atoms with E-state index in [0.717, 1.165) is 18.4 Å². The van der Waals surface area contributed by atoms with Crippen LogP contribution >= 0.6 is 0 Å². The molecule has 27 heavy (non-hydrogen) atoms. The number of carbonyl (C=O) groups is 1. The van der Waals surface area contributed by atoms with Crippen molar-refractivity contribution < 1.29 is 13.6 Å². The normalized spacial score (nSPS) is 17.1. The molecule has 6 heteroatoms. The zero-order valence-corrected chi connectivity index (χ0v) is 15.1. The Hall–Kier alpha value is -3.02. The van der Waals surface area contributed by atoms with Crippen molar-refractivity contribution in [1.82, 2.24) is 15.1 Å². The topological polar surface area (TPSA) is 59.2 Å². The van der Waals surface area contributed by atoms with Gasteiger partial charge >= 0.3 is 0 Å². The molecule has 1 fully saturated rings. The summed E-state index contributed by atoms with van der Waals surface area (Å²) in [5, 5.41) is 8.38. The van der Waals surface area contributed by atoms with Crippen molar-refractivity contribution in [3.63, 3.8) is 0 Å². The smallest absolute Gasteiger partial charge is 0.253 e. The summed E-state index contributed by atoms with van der Waals surface area (Å²) in [5.41, 5.74) is 2.54. The minimum absolute atomic E-state index is 0.00912. The van der Waals surface area contributed by atoms with Crippen LogP contribution in [0.1, 0.15) is 40.6 Å². The van der Waals surface area contributed by atoms with Gasteiger partial charge in [-0.1, -0.05) is 17.7 Å². The molecule has 2 aromatic carbocycles. The first kappa shape index (κ1) is 17.4. The monoisotopic (exact) mass is 365 g/mol. The first-order valence-electron chi connectivity index (χ1n) is 9.05. The van der Waals surface area contributed by atoms with Gasteiger partial charge in [-0.2, -0.15) is 0 Å². The summed E-state index contributed by atoms with van der Waals surface area (Å²) in [7, 11) is 0. The summed E-state index contributed by atoms with van der Waals surface area (Å²) in [6.45, 7) is 3.22. The van der Waals surface area contributed by atoms with Gasteiger partial charge in [-0.05, 0) is 56.2 Å². The van der Waals surface area contributed by atoms with E-state index < -0.39 is 0 Å². The highest BCUT2D eigenvalue weighted by molar-refractivity contribution is 5.94. The second-order valence-corrected chi connectivity index (χ2v) is 6.91. The molecule has 0 unspecified atom stereocenters. The Morgan fingerprint density at radius 3 is 2.59 bits per heavy atom. The number of nitrogens with zero attached hydrogens (tertiary/aromatic N) is 3. The summed E-state index contributed by atoms with van der Waals surface area (Å²) < 4.78 is 19.0. The Morgan fingerprint density at radius 1 is 1.11 bits per heavy atom. The maximum atomic E-state index is 13.1.